The average Bonchev–Trinajstić information content (AvgIpc) is 2.46. The Morgan fingerprint density at radius 3 is 2.94 bits per heavy atom. The third-order valence-electron chi connectivity index (χ3n) is 3.36. The number of piperidine rings is 1. The van der Waals surface area contributed by atoms with E-state index < -0.39 is 0 Å². The van der Waals surface area contributed by atoms with E-state index in [-0.39, 0.29) is 11.8 Å². The van der Waals surface area contributed by atoms with Gasteiger partial charge in [0.15, 0.2) is 0 Å². The van der Waals surface area contributed by atoms with E-state index in [4.69, 9.17) is 5.26 Å². The maximum absolute atomic E-state index is 12.3. The highest BCUT2D eigenvalue weighted by Gasteiger charge is 2.25. The van der Waals surface area contributed by atoms with E-state index in [0.29, 0.717) is 11.3 Å². The molecule has 1 aromatic rings. The van der Waals surface area contributed by atoms with Gasteiger partial charge in [0, 0.05) is 13.6 Å². The van der Waals surface area contributed by atoms with E-state index in [1.807, 2.05) is 18.2 Å². The van der Waals surface area contributed by atoms with Crippen LogP contribution in [0, 0.1) is 17.2 Å². The molecule has 1 aromatic carbocycles. The Kier molecular flexibility index (Phi) is 3.96. The van der Waals surface area contributed by atoms with Crippen LogP contribution < -0.4 is 10.2 Å². The van der Waals surface area contributed by atoms with Gasteiger partial charge in [-0.3, -0.25) is 4.79 Å². The molecule has 94 valence electrons. The lowest BCUT2D eigenvalue weighted by Gasteiger charge is -2.27. The molecule has 0 radical (unpaired) electrons. The average molecular weight is 243 g/mol. The molecule has 1 heterocycles. The van der Waals surface area contributed by atoms with Crippen LogP contribution >= 0.6 is 0 Å². The molecule has 2 rings (SSSR count). The maximum Gasteiger partial charge on any atom is 0.231 e. The molecule has 4 nitrogen and oxygen atoms in total. The maximum atomic E-state index is 12.3. The molecule has 1 saturated heterocycles. The summed E-state index contributed by atoms with van der Waals surface area (Å²) in [5.41, 5.74) is 1.23. The van der Waals surface area contributed by atoms with E-state index >= 15 is 0 Å². The van der Waals surface area contributed by atoms with Crippen LogP contribution in [0.15, 0.2) is 24.3 Å². The summed E-state index contributed by atoms with van der Waals surface area (Å²) in [4.78, 5) is 14.0. The van der Waals surface area contributed by atoms with Crippen LogP contribution in [0.1, 0.15) is 18.4 Å². The number of benzene rings is 1. The smallest absolute Gasteiger partial charge is 0.231 e. The van der Waals surface area contributed by atoms with E-state index in [2.05, 4.69) is 11.4 Å². The molecule has 18 heavy (non-hydrogen) atoms. The Hall–Kier alpha value is -1.86. The molecule has 0 bridgehead atoms. The number of nitrogens with zero attached hydrogens (tertiary/aromatic N) is 2. The summed E-state index contributed by atoms with van der Waals surface area (Å²) in [5.74, 6) is 0.111. The van der Waals surface area contributed by atoms with Crippen molar-refractivity contribution < 1.29 is 4.79 Å². The van der Waals surface area contributed by atoms with Gasteiger partial charge >= 0.3 is 0 Å². The van der Waals surface area contributed by atoms with E-state index in [0.717, 1.165) is 25.9 Å². The summed E-state index contributed by atoms with van der Waals surface area (Å²) in [6.45, 7) is 1.72. The van der Waals surface area contributed by atoms with Crippen molar-refractivity contribution in [3.8, 4) is 6.07 Å². The second kappa shape index (κ2) is 5.65. The SMILES string of the molecule is CN(C(=O)[C@H]1CCCNC1)c1ccccc1C#N. The first-order valence-electron chi connectivity index (χ1n) is 6.21. The third-order valence-corrected chi connectivity index (χ3v) is 3.36. The van der Waals surface area contributed by atoms with Gasteiger partial charge in [-0.1, -0.05) is 12.1 Å². The van der Waals surface area contributed by atoms with Crippen LogP contribution in [0.25, 0.3) is 0 Å². The molecule has 1 aliphatic heterocycles. The third kappa shape index (κ3) is 2.52. The van der Waals surface area contributed by atoms with Gasteiger partial charge < -0.3 is 10.2 Å². The summed E-state index contributed by atoms with van der Waals surface area (Å²) < 4.78 is 0. The first-order valence-corrected chi connectivity index (χ1v) is 6.21. The van der Waals surface area contributed by atoms with Gasteiger partial charge in [0.25, 0.3) is 0 Å². The van der Waals surface area contributed by atoms with Crippen molar-refractivity contribution in [1.82, 2.24) is 5.32 Å². The number of para-hydroxylation sites is 1. The van der Waals surface area contributed by atoms with E-state index in [1.165, 1.54) is 0 Å². The van der Waals surface area contributed by atoms with Crippen LogP contribution in [-0.2, 0) is 4.79 Å². The lowest BCUT2D eigenvalue weighted by atomic mass is 9.98. The van der Waals surface area contributed by atoms with E-state index in [1.54, 1.807) is 18.0 Å². The molecule has 1 atom stereocenters. The van der Waals surface area contributed by atoms with E-state index in [9.17, 15) is 4.79 Å². The minimum absolute atomic E-state index is 0.0236. The van der Waals surface area contributed by atoms with Crippen LogP contribution in [0.3, 0.4) is 0 Å². The zero-order valence-electron chi connectivity index (χ0n) is 10.5. The van der Waals surface area contributed by atoms with Gasteiger partial charge in [0.05, 0.1) is 17.2 Å². The van der Waals surface area contributed by atoms with Crippen molar-refractivity contribution in [3.05, 3.63) is 29.8 Å². The summed E-state index contributed by atoms with van der Waals surface area (Å²) >= 11 is 0. The second-order valence-corrected chi connectivity index (χ2v) is 4.57. The molecule has 0 aliphatic carbocycles. The Labute approximate surface area is 107 Å². The topological polar surface area (TPSA) is 56.1 Å². The van der Waals surface area contributed by atoms with Gasteiger partial charge in [0.2, 0.25) is 5.91 Å². The van der Waals surface area contributed by atoms with Crippen LogP contribution in [0.4, 0.5) is 5.69 Å². The number of nitrogens with one attached hydrogen (secondary N) is 1. The van der Waals surface area contributed by atoms with Gasteiger partial charge in [-0.2, -0.15) is 5.26 Å². The quantitative estimate of drug-likeness (QED) is 0.856. The summed E-state index contributed by atoms with van der Waals surface area (Å²) in [6, 6.07) is 9.33. The molecule has 0 spiro atoms. The number of rotatable bonds is 2. The largest absolute Gasteiger partial charge is 0.316 e. The number of amides is 1. The molecule has 1 fully saturated rings. The van der Waals surface area contributed by atoms with Crippen molar-refractivity contribution in [2.45, 2.75) is 12.8 Å². The number of carbonyl (C=O) groups excluding carboxylic acids is 1. The fraction of sp³-hybridized carbons (Fsp3) is 0.429. The van der Waals surface area contributed by atoms with Crippen LogP contribution in [0.2, 0.25) is 0 Å². The van der Waals surface area contributed by atoms with Crippen LogP contribution in [-0.4, -0.2) is 26.0 Å². The fourth-order valence-corrected chi connectivity index (χ4v) is 2.32. The number of carbonyl (C=O) groups is 1. The highest BCUT2D eigenvalue weighted by Crippen LogP contribution is 2.22. The standard InChI is InChI=1S/C14H17N3O/c1-17(13-7-3-2-5-11(13)9-15)14(18)12-6-4-8-16-10-12/h2-3,5,7,12,16H,4,6,8,10H2,1H3/t12-/m0/s1. The number of anilines is 1. The first kappa shape index (κ1) is 12.6. The van der Waals surface area contributed by atoms with Crippen molar-refractivity contribution in [3.63, 3.8) is 0 Å². The number of hydrogen-bond acceptors (Lipinski definition) is 3. The number of nitriles is 1. The molecule has 1 amide bonds. The van der Waals surface area contributed by atoms with Crippen molar-refractivity contribution >= 4 is 11.6 Å². The molecule has 4 heteroatoms. The Balaban J connectivity index is 2.17. The minimum atomic E-state index is 0.0236. The lowest BCUT2D eigenvalue weighted by molar-refractivity contribution is -0.122. The minimum Gasteiger partial charge on any atom is -0.316 e. The van der Waals surface area contributed by atoms with Crippen molar-refractivity contribution in [2.24, 2.45) is 5.92 Å². The predicted octanol–water partition coefficient (Wildman–Crippen LogP) is 1.52. The van der Waals surface area contributed by atoms with Crippen LogP contribution in [0.5, 0.6) is 0 Å². The lowest BCUT2D eigenvalue weighted by Crippen LogP contribution is -2.41. The van der Waals surface area contributed by atoms with Gasteiger partial charge in [-0.15, -0.1) is 0 Å². The molecule has 1 N–H and O–H groups in total. The zero-order valence-corrected chi connectivity index (χ0v) is 10.5. The second-order valence-electron chi connectivity index (χ2n) is 4.57. The number of hydrogen-bond donors (Lipinski definition) is 1. The first-order chi connectivity index (χ1) is 8.74. The van der Waals surface area contributed by atoms with Crippen molar-refractivity contribution in [1.29, 1.82) is 5.26 Å². The van der Waals surface area contributed by atoms with Gasteiger partial charge in [0.1, 0.15) is 6.07 Å². The van der Waals surface area contributed by atoms with Gasteiger partial charge in [-0.05, 0) is 31.5 Å². The molecule has 0 aromatic heterocycles. The molecule has 1 aliphatic rings. The monoisotopic (exact) mass is 243 g/mol. The Morgan fingerprint density at radius 1 is 1.50 bits per heavy atom. The molecule has 0 saturated carbocycles. The molecular weight excluding hydrogens is 226 g/mol. The highest BCUT2D eigenvalue weighted by atomic mass is 16.2. The zero-order chi connectivity index (χ0) is 13.0. The normalized spacial score (nSPS) is 19.0. The summed E-state index contributed by atoms with van der Waals surface area (Å²) in [7, 11) is 1.74. The Bertz CT molecular complexity index is 472. The summed E-state index contributed by atoms with van der Waals surface area (Å²) in [5, 5.41) is 12.3. The fourth-order valence-electron chi connectivity index (χ4n) is 2.32. The Morgan fingerprint density at radius 2 is 2.28 bits per heavy atom. The highest BCUT2D eigenvalue weighted by molar-refractivity contribution is 5.95. The molecule has 0 unspecified atom stereocenters. The predicted molar refractivity (Wildman–Crippen MR) is 70.2 cm³/mol. The molecular formula is C14H17N3O. The summed E-state index contributed by atoms with van der Waals surface area (Å²) in [6.07, 6.45) is 1.95. The van der Waals surface area contributed by atoms with Gasteiger partial charge in [-0.25, -0.2) is 0 Å². The van der Waals surface area contributed by atoms with Crippen molar-refractivity contribution in [2.75, 3.05) is 25.0 Å².